The molecule has 0 spiro atoms. The molecule has 0 fully saturated rings. The lowest BCUT2D eigenvalue weighted by Crippen LogP contribution is -1.76. The molecule has 66 valence electrons. The van der Waals surface area contributed by atoms with Gasteiger partial charge in [0.2, 0.25) is 0 Å². The first kappa shape index (κ1) is 9.91. The largest absolute Gasteiger partial charge is 0.506 e. The smallest absolute Gasteiger partial charge is 0.141 e. The van der Waals surface area contributed by atoms with Crippen molar-refractivity contribution < 1.29 is 5.11 Å². The van der Waals surface area contributed by atoms with Crippen LogP contribution in [0.4, 0.5) is 0 Å². The zero-order chi connectivity index (χ0) is 9.84. The first-order valence-electron chi connectivity index (χ1n) is 3.39. The SMILES string of the molecule is N#CC=Cc1cc(Cl)cc(Cl)c1O. The molecule has 0 aliphatic rings. The van der Waals surface area contributed by atoms with Crippen molar-refractivity contribution in [2.24, 2.45) is 0 Å². The standard InChI is InChI=1S/C9H5Cl2NO/c10-7-4-6(2-1-3-12)9(13)8(11)5-7/h1-2,4-5,13H. The van der Waals surface area contributed by atoms with Gasteiger partial charge < -0.3 is 5.11 Å². The summed E-state index contributed by atoms with van der Waals surface area (Å²) in [5, 5.41) is 18.3. The van der Waals surface area contributed by atoms with Crippen LogP contribution < -0.4 is 0 Å². The Kier molecular flexibility index (Phi) is 3.18. The van der Waals surface area contributed by atoms with Crippen LogP contribution in [-0.2, 0) is 0 Å². The Hall–Kier alpha value is -1.17. The van der Waals surface area contributed by atoms with Gasteiger partial charge in [-0.1, -0.05) is 23.2 Å². The molecule has 0 saturated heterocycles. The van der Waals surface area contributed by atoms with Crippen molar-refractivity contribution in [3.05, 3.63) is 33.8 Å². The summed E-state index contributed by atoms with van der Waals surface area (Å²) in [7, 11) is 0. The fourth-order valence-electron chi connectivity index (χ4n) is 0.840. The third-order valence-electron chi connectivity index (χ3n) is 1.40. The number of nitriles is 1. The van der Waals surface area contributed by atoms with Gasteiger partial charge in [-0.05, 0) is 18.2 Å². The van der Waals surface area contributed by atoms with E-state index in [1.54, 1.807) is 6.07 Å². The number of hydrogen-bond acceptors (Lipinski definition) is 2. The van der Waals surface area contributed by atoms with Gasteiger partial charge >= 0.3 is 0 Å². The van der Waals surface area contributed by atoms with Gasteiger partial charge in [-0.15, -0.1) is 0 Å². The number of halogens is 2. The minimum Gasteiger partial charge on any atom is -0.506 e. The van der Waals surface area contributed by atoms with Gasteiger partial charge in [0.05, 0.1) is 11.1 Å². The van der Waals surface area contributed by atoms with E-state index in [0.29, 0.717) is 10.6 Å². The first-order valence-corrected chi connectivity index (χ1v) is 4.15. The van der Waals surface area contributed by atoms with Crippen molar-refractivity contribution in [1.82, 2.24) is 0 Å². The number of rotatable bonds is 1. The Morgan fingerprint density at radius 3 is 2.69 bits per heavy atom. The quantitative estimate of drug-likeness (QED) is 0.729. The summed E-state index contributed by atoms with van der Waals surface area (Å²) in [5.41, 5.74) is 0.430. The summed E-state index contributed by atoms with van der Waals surface area (Å²) in [6.07, 6.45) is 2.68. The molecule has 2 nitrogen and oxygen atoms in total. The van der Waals surface area contributed by atoms with Crippen LogP contribution in [0.25, 0.3) is 6.08 Å². The molecule has 0 heterocycles. The molecular formula is C9H5Cl2NO. The zero-order valence-electron chi connectivity index (χ0n) is 6.46. The monoisotopic (exact) mass is 213 g/mol. The molecule has 0 unspecified atom stereocenters. The van der Waals surface area contributed by atoms with Crippen LogP contribution in [0.3, 0.4) is 0 Å². The van der Waals surface area contributed by atoms with Gasteiger partial charge in [0.1, 0.15) is 5.75 Å². The maximum absolute atomic E-state index is 9.40. The highest BCUT2D eigenvalue weighted by molar-refractivity contribution is 6.35. The van der Waals surface area contributed by atoms with Crippen molar-refractivity contribution in [3.8, 4) is 11.8 Å². The van der Waals surface area contributed by atoms with Crippen LogP contribution in [0.5, 0.6) is 5.75 Å². The average molecular weight is 214 g/mol. The Morgan fingerprint density at radius 1 is 1.38 bits per heavy atom. The minimum atomic E-state index is -0.0717. The highest BCUT2D eigenvalue weighted by Gasteiger charge is 2.04. The van der Waals surface area contributed by atoms with E-state index in [-0.39, 0.29) is 10.8 Å². The number of benzene rings is 1. The predicted octanol–water partition coefficient (Wildman–Crippen LogP) is 3.24. The van der Waals surface area contributed by atoms with Crippen molar-refractivity contribution in [1.29, 1.82) is 5.26 Å². The topological polar surface area (TPSA) is 44.0 Å². The van der Waals surface area contributed by atoms with E-state index in [1.165, 1.54) is 24.3 Å². The van der Waals surface area contributed by atoms with E-state index in [2.05, 4.69) is 0 Å². The van der Waals surface area contributed by atoms with Gasteiger partial charge in [-0.3, -0.25) is 0 Å². The summed E-state index contributed by atoms with van der Waals surface area (Å²) in [4.78, 5) is 0. The summed E-state index contributed by atoms with van der Waals surface area (Å²) in [6, 6.07) is 4.76. The second-order valence-electron chi connectivity index (χ2n) is 2.29. The van der Waals surface area contributed by atoms with Crippen LogP contribution in [-0.4, -0.2) is 5.11 Å². The van der Waals surface area contributed by atoms with Gasteiger partial charge in [-0.2, -0.15) is 5.26 Å². The molecule has 1 aromatic carbocycles. The molecule has 1 N–H and O–H groups in total. The molecule has 13 heavy (non-hydrogen) atoms. The van der Waals surface area contributed by atoms with Crippen molar-refractivity contribution in [2.45, 2.75) is 0 Å². The average Bonchev–Trinajstić information content (AvgIpc) is 2.09. The van der Waals surface area contributed by atoms with Crippen LogP contribution in [0.2, 0.25) is 10.0 Å². The molecule has 1 rings (SSSR count). The first-order chi connectivity index (χ1) is 6.15. The van der Waals surface area contributed by atoms with Crippen LogP contribution in [0.15, 0.2) is 18.2 Å². The molecule has 0 aromatic heterocycles. The number of allylic oxidation sites excluding steroid dienone is 1. The molecule has 0 radical (unpaired) electrons. The molecule has 1 aromatic rings. The molecule has 0 bridgehead atoms. The normalized spacial score (nSPS) is 10.2. The van der Waals surface area contributed by atoms with Crippen molar-refractivity contribution >= 4 is 29.3 Å². The predicted molar refractivity (Wildman–Crippen MR) is 52.8 cm³/mol. The molecule has 0 atom stereocenters. The maximum atomic E-state index is 9.40. The fourth-order valence-corrected chi connectivity index (χ4v) is 1.35. The maximum Gasteiger partial charge on any atom is 0.141 e. The minimum absolute atomic E-state index is 0.0717. The van der Waals surface area contributed by atoms with Crippen LogP contribution >= 0.6 is 23.2 Å². The number of phenols is 1. The lowest BCUT2D eigenvalue weighted by atomic mass is 10.2. The Morgan fingerprint density at radius 2 is 2.08 bits per heavy atom. The van der Waals surface area contributed by atoms with Crippen LogP contribution in [0.1, 0.15) is 5.56 Å². The van der Waals surface area contributed by atoms with E-state index in [0.717, 1.165) is 0 Å². The number of nitrogens with zero attached hydrogens (tertiary/aromatic N) is 1. The van der Waals surface area contributed by atoms with E-state index in [1.807, 2.05) is 0 Å². The molecule has 4 heteroatoms. The van der Waals surface area contributed by atoms with E-state index < -0.39 is 0 Å². The van der Waals surface area contributed by atoms with Gasteiger partial charge in [0.25, 0.3) is 0 Å². The summed E-state index contributed by atoms with van der Waals surface area (Å²) in [6.45, 7) is 0. The summed E-state index contributed by atoms with van der Waals surface area (Å²) >= 11 is 11.3. The lowest BCUT2D eigenvalue weighted by Gasteiger charge is -2.01. The third kappa shape index (κ3) is 2.38. The number of aromatic hydroxyl groups is 1. The van der Waals surface area contributed by atoms with Gasteiger partial charge in [0.15, 0.2) is 0 Å². The van der Waals surface area contributed by atoms with Gasteiger partial charge in [0, 0.05) is 16.7 Å². The fraction of sp³-hybridized carbons (Fsp3) is 0. The summed E-state index contributed by atoms with van der Waals surface area (Å²) in [5.74, 6) is -0.0717. The second kappa shape index (κ2) is 4.18. The Bertz CT molecular complexity index is 393. The van der Waals surface area contributed by atoms with Crippen molar-refractivity contribution in [3.63, 3.8) is 0 Å². The van der Waals surface area contributed by atoms with Crippen molar-refractivity contribution in [2.75, 3.05) is 0 Å². The molecule has 0 aliphatic carbocycles. The van der Waals surface area contributed by atoms with Crippen LogP contribution in [0, 0.1) is 11.3 Å². The second-order valence-corrected chi connectivity index (χ2v) is 3.13. The molecular weight excluding hydrogens is 209 g/mol. The Balaban J connectivity index is 3.22. The van der Waals surface area contributed by atoms with E-state index in [9.17, 15) is 5.11 Å². The number of hydrogen-bond donors (Lipinski definition) is 1. The van der Waals surface area contributed by atoms with Gasteiger partial charge in [-0.25, -0.2) is 0 Å². The zero-order valence-corrected chi connectivity index (χ0v) is 7.97. The number of phenolic OH excluding ortho intramolecular Hbond substituents is 1. The third-order valence-corrected chi connectivity index (χ3v) is 1.90. The van der Waals surface area contributed by atoms with E-state index in [4.69, 9.17) is 28.5 Å². The highest BCUT2D eigenvalue weighted by atomic mass is 35.5. The lowest BCUT2D eigenvalue weighted by molar-refractivity contribution is 0.474. The highest BCUT2D eigenvalue weighted by Crippen LogP contribution is 2.31. The molecule has 0 saturated carbocycles. The summed E-state index contributed by atoms with van der Waals surface area (Å²) < 4.78 is 0. The Labute approximate surface area is 85.6 Å². The van der Waals surface area contributed by atoms with E-state index >= 15 is 0 Å². The molecule has 0 aliphatic heterocycles. The molecule has 0 amide bonds.